The fourth-order valence-corrected chi connectivity index (χ4v) is 8.26. The number of aliphatic hydroxyl groups is 3. The van der Waals surface area contributed by atoms with Crippen molar-refractivity contribution < 1.29 is 24.9 Å². The van der Waals surface area contributed by atoms with Gasteiger partial charge in [0.2, 0.25) is 0 Å². The molecule has 1 heterocycles. The van der Waals surface area contributed by atoms with Crippen molar-refractivity contribution in [3.05, 3.63) is 24.4 Å². The molecule has 0 radical (unpaired) electrons. The van der Waals surface area contributed by atoms with Crippen LogP contribution in [0.4, 0.5) is 5.82 Å². The van der Waals surface area contributed by atoms with Gasteiger partial charge in [-0.05, 0) is 80.2 Å². The van der Waals surface area contributed by atoms with Gasteiger partial charge in [0.15, 0.2) is 5.78 Å². The molecule has 0 aromatic carbocycles. The minimum absolute atomic E-state index is 0.0154. The number of hydrogen-bond donors (Lipinski definition) is 3. The van der Waals surface area contributed by atoms with Gasteiger partial charge >= 0.3 is 0 Å². The Morgan fingerprint density at radius 1 is 1.14 bits per heavy atom. The number of ketones is 2. The number of carbonyl (C=O) groups is 2. The molecule has 3 N–H and O–H groups in total. The zero-order valence-corrected chi connectivity index (χ0v) is 21.6. The zero-order chi connectivity index (χ0) is 25.6. The monoisotopic (exact) mass is 486 g/mol. The highest BCUT2D eigenvalue weighted by Crippen LogP contribution is 2.67. The minimum atomic E-state index is -1.58. The van der Waals surface area contributed by atoms with Crippen molar-refractivity contribution in [3.63, 3.8) is 0 Å². The van der Waals surface area contributed by atoms with E-state index >= 15 is 0 Å². The normalized spacial score (nSPS) is 42.1. The number of aliphatic hydroxyl groups excluding tert-OH is 2. The second-order valence-electron chi connectivity index (χ2n) is 12.1. The first-order chi connectivity index (χ1) is 16.5. The van der Waals surface area contributed by atoms with E-state index < -0.39 is 23.4 Å². The van der Waals surface area contributed by atoms with Gasteiger partial charge in [-0.1, -0.05) is 19.9 Å². The third-order valence-corrected chi connectivity index (χ3v) is 10.2. The van der Waals surface area contributed by atoms with Crippen LogP contribution in [0.5, 0.6) is 0 Å². The van der Waals surface area contributed by atoms with Crippen LogP contribution in [0.25, 0.3) is 0 Å². The van der Waals surface area contributed by atoms with Crippen LogP contribution in [0.2, 0.25) is 0 Å². The molecule has 4 aliphatic carbocycles. The van der Waals surface area contributed by atoms with E-state index in [1.54, 1.807) is 6.20 Å². The van der Waals surface area contributed by atoms with Crippen LogP contribution < -0.4 is 4.90 Å². The summed E-state index contributed by atoms with van der Waals surface area (Å²) in [5.74, 6) is 1.38. The number of carbonyl (C=O) groups excluding carboxylic acids is 2. The lowest BCUT2D eigenvalue weighted by Gasteiger charge is -2.60. The topological polar surface area (TPSA) is 111 Å². The Hall–Kier alpha value is -1.83. The van der Waals surface area contributed by atoms with Gasteiger partial charge in [-0.25, -0.2) is 4.98 Å². The van der Waals surface area contributed by atoms with Gasteiger partial charge in [-0.2, -0.15) is 0 Å². The van der Waals surface area contributed by atoms with E-state index in [9.17, 15) is 24.9 Å². The number of hydrogen-bond acceptors (Lipinski definition) is 7. The molecule has 1 aromatic heterocycles. The Morgan fingerprint density at radius 3 is 2.49 bits per heavy atom. The maximum absolute atomic E-state index is 13.4. The summed E-state index contributed by atoms with van der Waals surface area (Å²) >= 11 is 0. The first kappa shape index (κ1) is 26.2. The number of anilines is 1. The summed E-state index contributed by atoms with van der Waals surface area (Å²) < 4.78 is 0. The van der Waals surface area contributed by atoms with E-state index in [0.29, 0.717) is 12.3 Å². The summed E-state index contributed by atoms with van der Waals surface area (Å²) in [5.41, 5.74) is -2.40. The summed E-state index contributed by atoms with van der Waals surface area (Å²) in [6, 6.07) is 5.86. The number of Topliss-reactive ketones (excluding diaryl/α,β-unsaturated/α-hetero) is 2. The first-order valence-electron chi connectivity index (χ1n) is 13.1. The SMILES string of the molecule is CN(C)c1ccccn1.C[C@]12CC[C@@H](O)C[C@H]1CC[C@@H]1[C@@H]2C(=O)C[C@@]2(C)[C@H]1CC[C@]2(O)C(=O)CO. The molecule has 35 heavy (non-hydrogen) atoms. The van der Waals surface area contributed by atoms with Crippen molar-refractivity contribution in [1.29, 1.82) is 0 Å². The standard InChI is InChI=1S/C21H32O5.C7H10N2/c1-19-7-5-13(23)9-12(19)3-4-14-15-6-8-21(26,17(25)11-22)20(15,2)10-16(24)18(14)19;1-9(2)7-5-3-4-6-8-7/h12-15,18,22-23,26H,3-11H2,1-2H3;3-6H,1-2H3/t12-,13-,14+,15+,18-,19+,20+,21+;/m1./s1. The minimum Gasteiger partial charge on any atom is -0.393 e. The van der Waals surface area contributed by atoms with Crippen molar-refractivity contribution >= 4 is 17.4 Å². The van der Waals surface area contributed by atoms with Crippen molar-refractivity contribution in [2.75, 3.05) is 25.6 Å². The van der Waals surface area contributed by atoms with Gasteiger partial charge in [0.25, 0.3) is 0 Å². The Morgan fingerprint density at radius 2 is 1.89 bits per heavy atom. The molecule has 0 saturated heterocycles. The van der Waals surface area contributed by atoms with Gasteiger partial charge in [0.1, 0.15) is 23.8 Å². The fraction of sp³-hybridized carbons (Fsp3) is 0.750. The smallest absolute Gasteiger partial charge is 0.190 e. The van der Waals surface area contributed by atoms with Crippen molar-refractivity contribution in [2.24, 2.45) is 34.5 Å². The maximum Gasteiger partial charge on any atom is 0.190 e. The lowest BCUT2D eigenvalue weighted by atomic mass is 9.44. The van der Waals surface area contributed by atoms with E-state index in [1.165, 1.54) is 0 Å². The van der Waals surface area contributed by atoms with Gasteiger partial charge in [-0.3, -0.25) is 9.59 Å². The second kappa shape index (κ2) is 9.56. The number of pyridine rings is 1. The molecule has 0 amide bonds. The molecule has 0 aliphatic heterocycles. The molecule has 7 nitrogen and oxygen atoms in total. The molecule has 4 saturated carbocycles. The molecule has 194 valence electrons. The Labute approximate surface area is 208 Å². The molecule has 0 spiro atoms. The van der Waals surface area contributed by atoms with Gasteiger partial charge in [0, 0.05) is 38.0 Å². The highest BCUT2D eigenvalue weighted by molar-refractivity contribution is 5.92. The Kier molecular flexibility index (Phi) is 7.17. The molecule has 8 atom stereocenters. The lowest BCUT2D eigenvalue weighted by molar-refractivity contribution is -0.180. The van der Waals surface area contributed by atoms with Crippen LogP contribution in [0.1, 0.15) is 65.2 Å². The predicted octanol–water partition coefficient (Wildman–Crippen LogP) is 3.01. The zero-order valence-electron chi connectivity index (χ0n) is 21.6. The highest BCUT2D eigenvalue weighted by Gasteiger charge is 2.68. The lowest BCUT2D eigenvalue weighted by Crippen LogP contribution is -2.62. The largest absolute Gasteiger partial charge is 0.393 e. The Balaban J connectivity index is 0.000000271. The molecule has 5 rings (SSSR count). The van der Waals surface area contributed by atoms with Gasteiger partial charge in [0.05, 0.1) is 6.10 Å². The van der Waals surface area contributed by atoms with E-state index in [4.69, 9.17) is 0 Å². The average molecular weight is 487 g/mol. The fourth-order valence-electron chi connectivity index (χ4n) is 8.26. The molecule has 7 heteroatoms. The number of fused-ring (bicyclic) bond motifs is 5. The summed E-state index contributed by atoms with van der Waals surface area (Å²) in [7, 11) is 3.95. The van der Waals surface area contributed by atoms with E-state index in [2.05, 4.69) is 11.9 Å². The van der Waals surface area contributed by atoms with Crippen LogP contribution in [0.15, 0.2) is 24.4 Å². The third-order valence-electron chi connectivity index (χ3n) is 10.2. The molecule has 0 unspecified atom stereocenters. The number of rotatable bonds is 3. The number of aromatic nitrogens is 1. The first-order valence-corrected chi connectivity index (χ1v) is 13.1. The number of nitrogens with zero attached hydrogens (tertiary/aromatic N) is 2. The van der Waals surface area contributed by atoms with E-state index in [1.807, 2.05) is 44.1 Å². The maximum atomic E-state index is 13.4. The molecule has 4 fully saturated rings. The Bertz CT molecular complexity index is 939. The predicted molar refractivity (Wildman–Crippen MR) is 134 cm³/mol. The van der Waals surface area contributed by atoms with Crippen LogP contribution in [0.3, 0.4) is 0 Å². The molecule has 0 bridgehead atoms. The summed E-state index contributed by atoms with van der Waals surface area (Å²) in [6.45, 7) is 3.46. The van der Waals surface area contributed by atoms with Crippen molar-refractivity contribution in [3.8, 4) is 0 Å². The highest BCUT2D eigenvalue weighted by atomic mass is 16.3. The summed E-state index contributed by atoms with van der Waals surface area (Å²) in [4.78, 5) is 31.8. The van der Waals surface area contributed by atoms with Crippen LogP contribution in [-0.4, -0.2) is 64.3 Å². The molecular formula is C28H42N2O5. The molecule has 1 aromatic rings. The molecule has 4 aliphatic rings. The van der Waals surface area contributed by atoms with Crippen LogP contribution in [0, 0.1) is 34.5 Å². The average Bonchev–Trinajstić information content (AvgIpc) is 3.10. The molecular weight excluding hydrogens is 444 g/mol. The van der Waals surface area contributed by atoms with Crippen molar-refractivity contribution in [2.45, 2.75) is 76.9 Å². The quantitative estimate of drug-likeness (QED) is 0.602. The van der Waals surface area contributed by atoms with Gasteiger partial charge < -0.3 is 20.2 Å². The summed E-state index contributed by atoms with van der Waals surface area (Å²) in [5, 5.41) is 30.6. The van der Waals surface area contributed by atoms with Crippen LogP contribution in [-0.2, 0) is 9.59 Å². The van der Waals surface area contributed by atoms with Gasteiger partial charge in [-0.15, -0.1) is 0 Å². The van der Waals surface area contributed by atoms with Crippen molar-refractivity contribution in [1.82, 2.24) is 4.98 Å². The van der Waals surface area contributed by atoms with E-state index in [0.717, 1.165) is 44.3 Å². The third kappa shape index (κ3) is 4.23. The van der Waals surface area contributed by atoms with Crippen LogP contribution >= 0.6 is 0 Å². The summed E-state index contributed by atoms with van der Waals surface area (Å²) in [6.07, 6.45) is 7.26. The second-order valence-corrected chi connectivity index (χ2v) is 12.1. The van der Waals surface area contributed by atoms with E-state index in [-0.39, 0.29) is 41.5 Å².